The van der Waals surface area contributed by atoms with Crippen LogP contribution < -0.4 is 5.56 Å². The second-order valence-electron chi connectivity index (χ2n) is 7.21. The predicted molar refractivity (Wildman–Crippen MR) is 96.9 cm³/mol. The molecule has 0 spiro atoms. The van der Waals surface area contributed by atoms with Gasteiger partial charge in [0, 0.05) is 5.56 Å². The van der Waals surface area contributed by atoms with Crippen LogP contribution in [0.15, 0.2) is 53.3 Å². The Labute approximate surface area is 145 Å². The molecule has 1 unspecified atom stereocenters. The molecule has 2 aromatic carbocycles. The number of fused-ring (bicyclic) bond motifs is 4. The molecule has 1 aliphatic carbocycles. The van der Waals surface area contributed by atoms with E-state index in [2.05, 4.69) is 0 Å². The van der Waals surface area contributed by atoms with Crippen molar-refractivity contribution in [3.63, 3.8) is 0 Å². The molecule has 0 radical (unpaired) electrons. The summed E-state index contributed by atoms with van der Waals surface area (Å²) in [5.41, 5.74) is 0.969. The average molecular weight is 332 g/mol. The van der Waals surface area contributed by atoms with Gasteiger partial charge in [-0.3, -0.25) is 9.36 Å². The number of rotatable bonds is 1. The molecule has 1 atom stereocenters. The summed E-state index contributed by atoms with van der Waals surface area (Å²) in [6.45, 7) is 0. The Morgan fingerprint density at radius 1 is 1.00 bits per heavy atom. The molecular weight excluding hydrogens is 312 g/mol. The molecule has 1 fully saturated rings. The molecule has 1 aliphatic heterocycles. The molecule has 2 aliphatic rings. The van der Waals surface area contributed by atoms with Crippen LogP contribution in [0.3, 0.4) is 0 Å². The lowest BCUT2D eigenvalue weighted by Gasteiger charge is -2.35. The Morgan fingerprint density at radius 2 is 1.72 bits per heavy atom. The van der Waals surface area contributed by atoms with Crippen LogP contribution in [0.25, 0.3) is 16.6 Å². The first-order chi connectivity index (χ1) is 12.2. The standard InChI is InChI=1S/C21H20N2O2/c24-19-15-10-4-6-12-17(15)22-20-21(25,14-8-2-1-3-9-14)16-11-5-7-13-18(16)23(19)20/h4-7,10-14,25H,1-3,8-9H2. The van der Waals surface area contributed by atoms with Gasteiger partial charge >= 0.3 is 0 Å². The van der Waals surface area contributed by atoms with E-state index < -0.39 is 5.60 Å². The molecule has 0 saturated heterocycles. The van der Waals surface area contributed by atoms with Crippen molar-refractivity contribution in [1.82, 2.24) is 9.55 Å². The monoisotopic (exact) mass is 332 g/mol. The number of benzene rings is 2. The van der Waals surface area contributed by atoms with Crippen LogP contribution in [0.2, 0.25) is 0 Å². The lowest BCUT2D eigenvalue weighted by atomic mass is 9.73. The number of nitrogens with zero attached hydrogens (tertiary/aromatic N) is 2. The zero-order chi connectivity index (χ0) is 17.0. The molecule has 1 N–H and O–H groups in total. The molecule has 3 aromatic rings. The van der Waals surface area contributed by atoms with Crippen LogP contribution in [0.1, 0.15) is 43.5 Å². The van der Waals surface area contributed by atoms with Crippen molar-refractivity contribution in [2.75, 3.05) is 0 Å². The Kier molecular flexibility index (Phi) is 3.13. The van der Waals surface area contributed by atoms with Gasteiger partial charge in [0.15, 0.2) is 11.4 Å². The van der Waals surface area contributed by atoms with Gasteiger partial charge < -0.3 is 5.11 Å². The van der Waals surface area contributed by atoms with E-state index in [1.54, 1.807) is 10.6 Å². The first kappa shape index (κ1) is 14.8. The highest BCUT2D eigenvalue weighted by atomic mass is 16.3. The Bertz CT molecular complexity index is 1030. The fourth-order valence-corrected chi connectivity index (χ4v) is 4.65. The first-order valence-electron chi connectivity index (χ1n) is 9.06. The maximum Gasteiger partial charge on any atom is 0.266 e. The topological polar surface area (TPSA) is 55.1 Å². The summed E-state index contributed by atoms with van der Waals surface area (Å²) in [6.07, 6.45) is 5.38. The Hall–Kier alpha value is -2.46. The molecule has 25 heavy (non-hydrogen) atoms. The van der Waals surface area contributed by atoms with Gasteiger partial charge in [-0.2, -0.15) is 0 Å². The molecule has 4 nitrogen and oxygen atoms in total. The van der Waals surface area contributed by atoms with E-state index in [4.69, 9.17) is 4.98 Å². The maximum atomic E-state index is 13.2. The van der Waals surface area contributed by atoms with Crippen molar-refractivity contribution >= 4 is 10.9 Å². The van der Waals surface area contributed by atoms with Gasteiger partial charge in [-0.1, -0.05) is 49.6 Å². The molecule has 4 heteroatoms. The van der Waals surface area contributed by atoms with Crippen molar-refractivity contribution in [2.45, 2.75) is 37.7 Å². The average Bonchev–Trinajstić information content (AvgIpc) is 2.93. The minimum atomic E-state index is -1.18. The Balaban J connectivity index is 1.87. The number of para-hydroxylation sites is 2. The van der Waals surface area contributed by atoms with E-state index in [0.717, 1.165) is 36.9 Å². The maximum absolute atomic E-state index is 13.2. The quantitative estimate of drug-likeness (QED) is 0.742. The van der Waals surface area contributed by atoms with E-state index in [1.807, 2.05) is 42.5 Å². The lowest BCUT2D eigenvalue weighted by molar-refractivity contribution is -0.00354. The van der Waals surface area contributed by atoms with Crippen molar-refractivity contribution in [2.24, 2.45) is 5.92 Å². The van der Waals surface area contributed by atoms with Crippen molar-refractivity contribution in [1.29, 1.82) is 0 Å². The van der Waals surface area contributed by atoms with Crippen LogP contribution in [-0.4, -0.2) is 14.7 Å². The summed E-state index contributed by atoms with van der Waals surface area (Å²) in [7, 11) is 0. The first-order valence-corrected chi connectivity index (χ1v) is 9.06. The number of aliphatic hydroxyl groups is 1. The minimum absolute atomic E-state index is 0.0974. The van der Waals surface area contributed by atoms with Gasteiger partial charge in [0.05, 0.1) is 16.6 Å². The summed E-state index contributed by atoms with van der Waals surface area (Å²) in [5, 5.41) is 12.5. The molecule has 0 bridgehead atoms. The zero-order valence-corrected chi connectivity index (χ0v) is 14.0. The van der Waals surface area contributed by atoms with Gasteiger partial charge in [-0.15, -0.1) is 0 Å². The molecular formula is C21H20N2O2. The van der Waals surface area contributed by atoms with Gasteiger partial charge in [0.2, 0.25) is 0 Å². The van der Waals surface area contributed by atoms with Crippen molar-refractivity contribution in [3.05, 3.63) is 70.3 Å². The van der Waals surface area contributed by atoms with E-state index in [-0.39, 0.29) is 11.5 Å². The zero-order valence-electron chi connectivity index (χ0n) is 14.0. The highest BCUT2D eigenvalue weighted by Gasteiger charge is 2.50. The third kappa shape index (κ3) is 1.91. The fourth-order valence-electron chi connectivity index (χ4n) is 4.65. The second kappa shape index (κ2) is 5.27. The highest BCUT2D eigenvalue weighted by molar-refractivity contribution is 5.79. The molecule has 126 valence electrons. The van der Waals surface area contributed by atoms with E-state index in [9.17, 15) is 9.90 Å². The van der Waals surface area contributed by atoms with Gasteiger partial charge in [0.25, 0.3) is 5.56 Å². The third-order valence-corrected chi connectivity index (χ3v) is 5.87. The second-order valence-corrected chi connectivity index (χ2v) is 7.21. The summed E-state index contributed by atoms with van der Waals surface area (Å²) < 4.78 is 1.63. The van der Waals surface area contributed by atoms with Crippen molar-refractivity contribution in [3.8, 4) is 5.69 Å². The molecule has 0 amide bonds. The molecule has 1 aromatic heterocycles. The van der Waals surface area contributed by atoms with Crippen molar-refractivity contribution < 1.29 is 5.11 Å². The van der Waals surface area contributed by atoms with Crippen LogP contribution in [0, 0.1) is 5.92 Å². The third-order valence-electron chi connectivity index (χ3n) is 5.87. The minimum Gasteiger partial charge on any atom is -0.377 e. The van der Waals surface area contributed by atoms with Crippen LogP contribution >= 0.6 is 0 Å². The van der Waals surface area contributed by atoms with Crippen LogP contribution in [0.4, 0.5) is 0 Å². The summed E-state index contributed by atoms with van der Waals surface area (Å²) >= 11 is 0. The predicted octanol–water partition coefficient (Wildman–Crippen LogP) is 3.52. The van der Waals surface area contributed by atoms with E-state index in [0.29, 0.717) is 16.7 Å². The molecule has 5 rings (SSSR count). The summed E-state index contributed by atoms with van der Waals surface area (Å²) in [5.74, 6) is 0.591. The van der Waals surface area contributed by atoms with Crippen LogP contribution in [-0.2, 0) is 5.60 Å². The van der Waals surface area contributed by atoms with Gasteiger partial charge in [0.1, 0.15) is 0 Å². The van der Waals surface area contributed by atoms with Gasteiger partial charge in [-0.25, -0.2) is 4.98 Å². The summed E-state index contributed by atoms with van der Waals surface area (Å²) in [4.78, 5) is 17.9. The lowest BCUT2D eigenvalue weighted by Crippen LogP contribution is -2.38. The van der Waals surface area contributed by atoms with E-state index in [1.165, 1.54) is 6.42 Å². The summed E-state index contributed by atoms with van der Waals surface area (Å²) in [6, 6.07) is 15.1. The molecule has 1 saturated carbocycles. The number of aromatic nitrogens is 2. The Morgan fingerprint density at radius 3 is 2.56 bits per heavy atom. The highest BCUT2D eigenvalue weighted by Crippen LogP contribution is 2.48. The van der Waals surface area contributed by atoms with E-state index >= 15 is 0 Å². The number of hydrogen-bond acceptors (Lipinski definition) is 3. The smallest absolute Gasteiger partial charge is 0.266 e. The SMILES string of the molecule is O=c1c2ccccc2nc2n1-c1ccccc1C2(O)C1CCCCC1. The largest absolute Gasteiger partial charge is 0.377 e. The normalized spacial score (nSPS) is 22.8. The van der Waals surface area contributed by atoms with Crippen LogP contribution in [0.5, 0.6) is 0 Å². The molecule has 2 heterocycles. The van der Waals surface area contributed by atoms with Gasteiger partial charge in [-0.05, 0) is 37.0 Å². The fraction of sp³-hybridized carbons (Fsp3) is 0.333. The number of hydrogen-bond donors (Lipinski definition) is 1.